The van der Waals surface area contributed by atoms with E-state index in [0.29, 0.717) is 13.0 Å². The van der Waals surface area contributed by atoms with E-state index < -0.39 is 6.04 Å². The Bertz CT molecular complexity index is 751. The third-order valence-corrected chi connectivity index (χ3v) is 5.34. The van der Waals surface area contributed by atoms with Gasteiger partial charge in [0.05, 0.1) is 12.6 Å². The van der Waals surface area contributed by atoms with Crippen molar-refractivity contribution in [3.63, 3.8) is 0 Å². The number of para-hydroxylation sites is 1. The van der Waals surface area contributed by atoms with Gasteiger partial charge in [0.15, 0.2) is 0 Å². The summed E-state index contributed by atoms with van der Waals surface area (Å²) in [5.74, 6) is -0.199. The van der Waals surface area contributed by atoms with Crippen LogP contribution in [0.1, 0.15) is 24.5 Å². The van der Waals surface area contributed by atoms with Crippen LogP contribution in [0.3, 0.4) is 0 Å². The highest BCUT2D eigenvalue weighted by molar-refractivity contribution is 7.07. The zero-order valence-corrected chi connectivity index (χ0v) is 16.5. The topological polar surface area (TPSA) is 61.4 Å². The van der Waals surface area contributed by atoms with Gasteiger partial charge in [-0.25, -0.2) is 0 Å². The monoisotopic (exact) mass is 393 g/mol. The summed E-state index contributed by atoms with van der Waals surface area (Å²) in [6, 6.07) is 9.19. The molecule has 0 spiro atoms. The van der Waals surface area contributed by atoms with Gasteiger partial charge >= 0.3 is 0 Å². The molecule has 0 saturated carbocycles. The highest BCUT2D eigenvalue weighted by Gasteiger charge is 2.32. The number of likely N-dealkylation sites (N-methyl/N-ethyl adjacent to an activating group) is 1. The molecule has 1 aliphatic rings. The molecule has 2 amide bonds. The van der Waals surface area contributed by atoms with Crippen LogP contribution >= 0.6 is 23.7 Å². The van der Waals surface area contributed by atoms with Gasteiger partial charge in [0.2, 0.25) is 11.8 Å². The fourth-order valence-corrected chi connectivity index (χ4v) is 3.67. The van der Waals surface area contributed by atoms with Crippen molar-refractivity contribution in [1.29, 1.82) is 0 Å². The molecule has 0 bridgehead atoms. The third kappa shape index (κ3) is 4.44. The molecular weight excluding hydrogens is 370 g/mol. The first-order chi connectivity index (χ1) is 12.1. The molecular formula is C19H24ClN3O2S. The normalized spacial score (nSPS) is 17.7. The second-order valence-corrected chi connectivity index (χ2v) is 7.07. The van der Waals surface area contributed by atoms with E-state index in [1.807, 2.05) is 29.6 Å². The highest BCUT2D eigenvalue weighted by atomic mass is 35.5. The molecule has 2 atom stereocenters. The first-order valence-electron chi connectivity index (χ1n) is 8.48. The van der Waals surface area contributed by atoms with E-state index in [4.69, 9.17) is 0 Å². The number of fused-ring (bicyclic) bond motifs is 1. The Labute approximate surface area is 164 Å². The average Bonchev–Trinajstić information content (AvgIpc) is 3.11. The van der Waals surface area contributed by atoms with Crippen LogP contribution in [0.2, 0.25) is 0 Å². The number of hydrogen-bond donors (Lipinski definition) is 2. The predicted molar refractivity (Wildman–Crippen MR) is 108 cm³/mol. The van der Waals surface area contributed by atoms with Crippen molar-refractivity contribution in [2.75, 3.05) is 11.9 Å². The number of amides is 2. The number of aryl methyl sites for hydroxylation is 1. The summed E-state index contributed by atoms with van der Waals surface area (Å²) >= 11 is 1.62. The van der Waals surface area contributed by atoms with Gasteiger partial charge in [-0.2, -0.15) is 11.3 Å². The second-order valence-electron chi connectivity index (χ2n) is 6.29. The van der Waals surface area contributed by atoms with Crippen LogP contribution in [0.15, 0.2) is 41.1 Å². The summed E-state index contributed by atoms with van der Waals surface area (Å²) in [4.78, 5) is 27.2. The van der Waals surface area contributed by atoms with E-state index in [9.17, 15) is 9.59 Å². The summed E-state index contributed by atoms with van der Waals surface area (Å²) in [7, 11) is 1.73. The summed E-state index contributed by atoms with van der Waals surface area (Å²) in [5, 5.41) is 9.89. The largest absolute Gasteiger partial charge is 0.343 e. The van der Waals surface area contributed by atoms with Crippen molar-refractivity contribution >= 4 is 41.2 Å². The number of rotatable bonds is 5. The summed E-state index contributed by atoms with van der Waals surface area (Å²) in [6.45, 7) is 2.31. The van der Waals surface area contributed by atoms with E-state index in [0.717, 1.165) is 23.2 Å². The number of halogens is 1. The van der Waals surface area contributed by atoms with Gasteiger partial charge in [0, 0.05) is 5.69 Å². The first kappa shape index (κ1) is 20.4. The molecule has 2 heterocycles. The molecule has 1 aromatic carbocycles. The smallest absolute Gasteiger partial charge is 0.249 e. The zero-order chi connectivity index (χ0) is 17.8. The number of hydrogen-bond acceptors (Lipinski definition) is 4. The molecule has 1 aliphatic heterocycles. The lowest BCUT2D eigenvalue weighted by molar-refractivity contribution is -0.128. The van der Waals surface area contributed by atoms with Crippen LogP contribution in [-0.4, -0.2) is 30.9 Å². The lowest BCUT2D eigenvalue weighted by atomic mass is 10.1. The summed E-state index contributed by atoms with van der Waals surface area (Å²) in [6.07, 6.45) is 1.37. The van der Waals surface area contributed by atoms with E-state index >= 15 is 0 Å². The van der Waals surface area contributed by atoms with E-state index in [1.54, 1.807) is 30.2 Å². The summed E-state index contributed by atoms with van der Waals surface area (Å²) in [5.41, 5.74) is 3.19. The molecule has 0 fully saturated rings. The van der Waals surface area contributed by atoms with Gasteiger partial charge in [-0.15, -0.1) is 12.4 Å². The van der Waals surface area contributed by atoms with Crippen LogP contribution in [-0.2, 0) is 22.6 Å². The van der Waals surface area contributed by atoms with Crippen LogP contribution in [0.25, 0.3) is 0 Å². The first-order valence-corrected chi connectivity index (χ1v) is 9.42. The molecule has 3 rings (SSSR count). The van der Waals surface area contributed by atoms with Crippen molar-refractivity contribution in [3.05, 3.63) is 52.2 Å². The Morgan fingerprint density at radius 3 is 2.81 bits per heavy atom. The number of thiophene rings is 1. The van der Waals surface area contributed by atoms with Gasteiger partial charge in [0.25, 0.3) is 0 Å². The Balaban J connectivity index is 0.00000243. The molecule has 2 aromatic rings. The van der Waals surface area contributed by atoms with Crippen molar-refractivity contribution < 1.29 is 9.59 Å². The second kappa shape index (κ2) is 9.16. The minimum Gasteiger partial charge on any atom is -0.343 e. The fraction of sp³-hybridized carbons (Fsp3) is 0.368. The Morgan fingerprint density at radius 2 is 2.12 bits per heavy atom. The zero-order valence-electron chi connectivity index (χ0n) is 14.9. The van der Waals surface area contributed by atoms with Crippen LogP contribution < -0.4 is 15.5 Å². The number of nitrogens with zero attached hydrogens (tertiary/aromatic N) is 1. The van der Waals surface area contributed by atoms with Gasteiger partial charge in [-0.05, 0) is 60.8 Å². The molecule has 26 heavy (non-hydrogen) atoms. The van der Waals surface area contributed by atoms with Gasteiger partial charge in [0.1, 0.15) is 6.04 Å². The molecule has 1 aromatic heterocycles. The van der Waals surface area contributed by atoms with Crippen molar-refractivity contribution in [2.45, 2.75) is 38.4 Å². The molecule has 2 unspecified atom stereocenters. The lowest BCUT2D eigenvalue weighted by Gasteiger charge is -2.26. The summed E-state index contributed by atoms with van der Waals surface area (Å²) < 4.78 is 0. The Morgan fingerprint density at radius 1 is 1.35 bits per heavy atom. The lowest BCUT2D eigenvalue weighted by Crippen LogP contribution is -2.52. The highest BCUT2D eigenvalue weighted by Crippen LogP contribution is 2.29. The predicted octanol–water partition coefficient (Wildman–Crippen LogP) is 2.74. The number of nitrogens with one attached hydrogen (secondary N) is 2. The van der Waals surface area contributed by atoms with Gasteiger partial charge < -0.3 is 15.5 Å². The standard InChI is InChI=1S/C19H23N3O2S.ClH/c1-13(20-2)18(23)21-16-8-7-15-5-3-4-6-17(15)22(19(16)24)11-14-9-10-25-12-14;/h3-6,9-10,12-13,16,20H,7-8,11H2,1-2H3,(H,21,23);1H. The maximum atomic E-state index is 13.2. The van der Waals surface area contributed by atoms with Gasteiger partial charge in [-0.1, -0.05) is 18.2 Å². The van der Waals surface area contributed by atoms with Crippen molar-refractivity contribution in [1.82, 2.24) is 10.6 Å². The number of anilines is 1. The average molecular weight is 394 g/mol. The number of carbonyl (C=O) groups excluding carboxylic acids is 2. The quantitative estimate of drug-likeness (QED) is 0.821. The minimum atomic E-state index is -0.505. The molecule has 0 radical (unpaired) electrons. The number of benzene rings is 1. The maximum Gasteiger partial charge on any atom is 0.249 e. The van der Waals surface area contributed by atoms with Crippen LogP contribution in [0.5, 0.6) is 0 Å². The third-order valence-electron chi connectivity index (χ3n) is 4.61. The van der Waals surface area contributed by atoms with Crippen LogP contribution in [0.4, 0.5) is 5.69 Å². The molecule has 7 heteroatoms. The van der Waals surface area contributed by atoms with E-state index in [1.165, 1.54) is 0 Å². The molecule has 2 N–H and O–H groups in total. The van der Waals surface area contributed by atoms with Crippen molar-refractivity contribution in [3.8, 4) is 0 Å². The van der Waals surface area contributed by atoms with E-state index in [2.05, 4.69) is 22.1 Å². The fourth-order valence-electron chi connectivity index (χ4n) is 3.01. The Kier molecular flexibility index (Phi) is 7.20. The SMILES string of the molecule is CNC(C)C(=O)NC1CCc2ccccc2N(Cc2ccsc2)C1=O.Cl. The van der Waals surface area contributed by atoms with Crippen LogP contribution in [0, 0.1) is 0 Å². The minimum absolute atomic E-state index is 0. The molecule has 140 valence electrons. The molecule has 0 saturated heterocycles. The number of carbonyl (C=O) groups is 2. The maximum absolute atomic E-state index is 13.2. The van der Waals surface area contributed by atoms with Crippen molar-refractivity contribution in [2.24, 2.45) is 0 Å². The molecule has 0 aliphatic carbocycles. The Hall–Kier alpha value is -1.89. The molecule has 5 nitrogen and oxygen atoms in total. The van der Waals surface area contributed by atoms with Gasteiger partial charge in [-0.3, -0.25) is 9.59 Å². The van der Waals surface area contributed by atoms with E-state index in [-0.39, 0.29) is 30.3 Å².